The van der Waals surface area contributed by atoms with E-state index in [4.69, 9.17) is 0 Å². The molecule has 2 amide bonds. The zero-order valence-electron chi connectivity index (χ0n) is 24.8. The molecule has 3 aromatic carbocycles. The second kappa shape index (κ2) is 14.5. The van der Waals surface area contributed by atoms with Gasteiger partial charge in [0.25, 0.3) is 0 Å². The maximum Gasteiger partial charge on any atom is 0.416 e. The molecule has 11 heteroatoms. The van der Waals surface area contributed by atoms with E-state index in [-0.39, 0.29) is 55.9 Å². The summed E-state index contributed by atoms with van der Waals surface area (Å²) in [4.78, 5) is 28.8. The Balaban J connectivity index is 1.89. The van der Waals surface area contributed by atoms with Crippen LogP contribution in [0.5, 0.6) is 0 Å². The fourth-order valence-corrected chi connectivity index (χ4v) is 5.62. The fraction of sp³-hybridized carbons (Fsp3) is 0.375. The summed E-state index contributed by atoms with van der Waals surface area (Å²) in [6, 6.07) is 20.0. The molecule has 0 unspecified atom stereocenters. The molecule has 43 heavy (non-hydrogen) atoms. The highest BCUT2D eigenvalue weighted by Crippen LogP contribution is 2.32. The highest BCUT2D eigenvalue weighted by atomic mass is 32.2. The number of hydrogen-bond donors (Lipinski definition) is 1. The van der Waals surface area contributed by atoms with Crippen LogP contribution in [0.4, 0.5) is 18.9 Å². The summed E-state index contributed by atoms with van der Waals surface area (Å²) >= 11 is 0. The van der Waals surface area contributed by atoms with Gasteiger partial charge in [0.15, 0.2) is 0 Å². The van der Waals surface area contributed by atoms with Gasteiger partial charge in [-0.15, -0.1) is 0 Å². The summed E-state index contributed by atoms with van der Waals surface area (Å²) in [5.41, 5.74) is 1.60. The smallest absolute Gasteiger partial charge is 0.352 e. The summed E-state index contributed by atoms with van der Waals surface area (Å²) in [6.45, 7) is 5.53. The number of rotatable bonds is 13. The molecule has 0 saturated heterocycles. The number of nitrogens with one attached hydrogen (secondary N) is 1. The van der Waals surface area contributed by atoms with Crippen molar-refractivity contribution in [3.05, 3.63) is 101 Å². The van der Waals surface area contributed by atoms with Gasteiger partial charge in [0.05, 0.1) is 17.5 Å². The molecule has 0 aliphatic heterocycles. The van der Waals surface area contributed by atoms with E-state index in [1.54, 1.807) is 0 Å². The van der Waals surface area contributed by atoms with Gasteiger partial charge in [-0.2, -0.15) is 13.2 Å². The summed E-state index contributed by atoms with van der Waals surface area (Å²) in [6.07, 6.45) is -3.58. The largest absolute Gasteiger partial charge is 0.416 e. The third kappa shape index (κ3) is 10.1. The molecule has 0 radical (unpaired) electrons. The number of aryl methyl sites for hydroxylation is 1. The van der Waals surface area contributed by atoms with Crippen LogP contribution in [-0.2, 0) is 38.8 Å². The van der Waals surface area contributed by atoms with Gasteiger partial charge in [-0.1, -0.05) is 66.2 Å². The highest BCUT2D eigenvalue weighted by molar-refractivity contribution is 7.92. The van der Waals surface area contributed by atoms with E-state index in [2.05, 4.69) is 5.32 Å². The Morgan fingerprint density at radius 3 is 2.14 bits per heavy atom. The molecule has 0 saturated carbocycles. The van der Waals surface area contributed by atoms with Gasteiger partial charge >= 0.3 is 6.18 Å². The summed E-state index contributed by atoms with van der Waals surface area (Å²) in [5.74, 6) is -0.695. The summed E-state index contributed by atoms with van der Waals surface area (Å²) in [7, 11) is -3.96. The van der Waals surface area contributed by atoms with Crippen molar-refractivity contribution in [2.45, 2.75) is 64.8 Å². The molecule has 0 aromatic heterocycles. The van der Waals surface area contributed by atoms with Crippen LogP contribution in [-0.4, -0.2) is 50.0 Å². The van der Waals surface area contributed by atoms with Crippen molar-refractivity contribution in [3.63, 3.8) is 0 Å². The molecule has 0 fully saturated rings. The lowest BCUT2D eigenvalue weighted by Crippen LogP contribution is -2.51. The molecule has 3 rings (SSSR count). The van der Waals surface area contributed by atoms with Crippen LogP contribution in [0.3, 0.4) is 0 Å². The molecule has 232 valence electrons. The zero-order chi connectivity index (χ0) is 31.8. The Kier molecular flexibility index (Phi) is 11.4. The maximum atomic E-state index is 13.8. The molecule has 0 aliphatic rings. The normalized spacial score (nSPS) is 12.6. The Bertz CT molecular complexity index is 1480. The standard InChI is InChI=1S/C32H38F3N3O4S/c1-23(2)36-31(40)29(20-25-10-6-5-7-11-25)37(22-26-17-15-24(3)16-18-26)30(39)14-9-19-38(43(4,41)42)28-13-8-12-27(21-28)32(33,34)35/h5-8,10-13,15-18,21,23,29H,9,14,19-20,22H2,1-4H3,(H,36,40)/t29-/m1/s1. The molecule has 1 atom stereocenters. The van der Waals surface area contributed by atoms with E-state index < -0.39 is 27.8 Å². The SMILES string of the molecule is Cc1ccc(CN(C(=O)CCCN(c2cccc(C(F)(F)F)c2)S(C)(=O)=O)[C@H](Cc2ccccc2)C(=O)NC(C)C)cc1. The predicted octanol–water partition coefficient (Wildman–Crippen LogP) is 5.72. The summed E-state index contributed by atoms with van der Waals surface area (Å²) < 4.78 is 65.9. The molecule has 0 spiro atoms. The van der Waals surface area contributed by atoms with Gasteiger partial charge in [-0.05, 0) is 56.5 Å². The van der Waals surface area contributed by atoms with Crippen molar-refractivity contribution in [1.29, 1.82) is 0 Å². The van der Waals surface area contributed by atoms with Crippen LogP contribution >= 0.6 is 0 Å². The molecule has 0 bridgehead atoms. The number of hydrogen-bond acceptors (Lipinski definition) is 4. The number of anilines is 1. The third-order valence-electron chi connectivity index (χ3n) is 6.79. The second-order valence-corrected chi connectivity index (χ2v) is 12.8. The first-order valence-electron chi connectivity index (χ1n) is 14.0. The monoisotopic (exact) mass is 617 g/mol. The minimum atomic E-state index is -4.64. The number of carbonyl (C=O) groups is 2. The number of nitrogens with zero attached hydrogens (tertiary/aromatic N) is 2. The van der Waals surface area contributed by atoms with Gasteiger partial charge in [-0.25, -0.2) is 8.42 Å². The van der Waals surface area contributed by atoms with Crippen molar-refractivity contribution in [1.82, 2.24) is 10.2 Å². The Morgan fingerprint density at radius 2 is 1.56 bits per heavy atom. The maximum absolute atomic E-state index is 13.8. The van der Waals surface area contributed by atoms with Gasteiger partial charge in [0.2, 0.25) is 21.8 Å². The van der Waals surface area contributed by atoms with E-state index >= 15 is 0 Å². The quantitative estimate of drug-likeness (QED) is 0.266. The number of alkyl halides is 3. The number of halogens is 3. The highest BCUT2D eigenvalue weighted by Gasteiger charge is 2.33. The van der Waals surface area contributed by atoms with Crippen LogP contribution in [0.2, 0.25) is 0 Å². The van der Waals surface area contributed by atoms with Crippen molar-refractivity contribution < 1.29 is 31.2 Å². The summed E-state index contributed by atoms with van der Waals surface area (Å²) in [5, 5.41) is 2.91. The Hall–Kier alpha value is -3.86. The van der Waals surface area contributed by atoms with Crippen LogP contribution in [0.25, 0.3) is 0 Å². The topological polar surface area (TPSA) is 86.8 Å². The first-order chi connectivity index (χ1) is 20.1. The van der Waals surface area contributed by atoms with E-state index in [9.17, 15) is 31.2 Å². The van der Waals surface area contributed by atoms with E-state index in [1.165, 1.54) is 11.0 Å². The minimum absolute atomic E-state index is 0.0242. The van der Waals surface area contributed by atoms with E-state index in [0.29, 0.717) is 0 Å². The molecular weight excluding hydrogens is 579 g/mol. The van der Waals surface area contributed by atoms with E-state index in [1.807, 2.05) is 75.4 Å². The number of benzene rings is 3. The lowest BCUT2D eigenvalue weighted by Gasteiger charge is -2.32. The van der Waals surface area contributed by atoms with Crippen molar-refractivity contribution in [3.8, 4) is 0 Å². The molecule has 1 N–H and O–H groups in total. The molecule has 0 aliphatic carbocycles. The van der Waals surface area contributed by atoms with Crippen LogP contribution in [0, 0.1) is 6.92 Å². The fourth-order valence-electron chi connectivity index (χ4n) is 4.67. The molecule has 0 heterocycles. The zero-order valence-corrected chi connectivity index (χ0v) is 25.6. The Morgan fingerprint density at radius 1 is 0.907 bits per heavy atom. The average Bonchev–Trinajstić information content (AvgIpc) is 2.93. The van der Waals surface area contributed by atoms with Crippen LogP contribution < -0.4 is 9.62 Å². The van der Waals surface area contributed by atoms with Crippen LogP contribution in [0.15, 0.2) is 78.9 Å². The van der Waals surface area contributed by atoms with Crippen molar-refractivity contribution in [2.75, 3.05) is 17.1 Å². The van der Waals surface area contributed by atoms with Crippen molar-refractivity contribution in [2.24, 2.45) is 0 Å². The number of amides is 2. The first kappa shape index (κ1) is 33.6. The lowest BCUT2D eigenvalue weighted by molar-refractivity contribution is -0.141. The second-order valence-electron chi connectivity index (χ2n) is 10.9. The predicted molar refractivity (Wildman–Crippen MR) is 162 cm³/mol. The Labute approximate surface area is 251 Å². The van der Waals surface area contributed by atoms with Gasteiger partial charge in [0.1, 0.15) is 6.04 Å². The number of sulfonamides is 1. The lowest BCUT2D eigenvalue weighted by atomic mass is 10.0. The number of carbonyl (C=O) groups excluding carboxylic acids is 2. The van der Waals surface area contributed by atoms with Gasteiger partial charge < -0.3 is 10.2 Å². The van der Waals surface area contributed by atoms with Crippen LogP contribution in [0.1, 0.15) is 48.9 Å². The molecular formula is C32H38F3N3O4S. The first-order valence-corrected chi connectivity index (χ1v) is 15.8. The van der Waals surface area contributed by atoms with Gasteiger partial charge in [0, 0.05) is 32.0 Å². The third-order valence-corrected chi connectivity index (χ3v) is 7.98. The minimum Gasteiger partial charge on any atom is -0.352 e. The van der Waals surface area contributed by atoms with Gasteiger partial charge in [-0.3, -0.25) is 13.9 Å². The molecule has 3 aromatic rings. The van der Waals surface area contributed by atoms with E-state index in [0.717, 1.165) is 45.5 Å². The average molecular weight is 618 g/mol. The van der Waals surface area contributed by atoms with Crippen molar-refractivity contribution >= 4 is 27.5 Å². The molecule has 7 nitrogen and oxygen atoms in total.